The maximum Gasteiger partial charge on any atom is 0.255 e. The van der Waals surface area contributed by atoms with E-state index in [4.69, 9.17) is 5.73 Å². The Morgan fingerprint density at radius 3 is 2.46 bits per heavy atom. The molecule has 6 heteroatoms. The molecule has 1 fully saturated rings. The van der Waals surface area contributed by atoms with E-state index in [1.807, 2.05) is 26.0 Å². The summed E-state index contributed by atoms with van der Waals surface area (Å²) < 4.78 is 0. The lowest BCUT2D eigenvalue weighted by molar-refractivity contribution is -0.117. The fourth-order valence-electron chi connectivity index (χ4n) is 3.22. The standard InChI is InChI=1S/C18H27N3O2.ClH/c1-3-21(4-2)18(23)14-9-5-6-11-16(14)20-17(22)12-13-8-7-10-15(13)19;/h5-6,9,11,13,15H,3-4,7-8,10,12,19H2,1-2H3,(H,20,22);1H/t13-,15+;/m0./s1. The molecule has 1 aliphatic carbocycles. The van der Waals surface area contributed by atoms with Crippen LogP contribution in [0.4, 0.5) is 5.69 Å². The molecule has 0 unspecified atom stereocenters. The third kappa shape index (κ3) is 4.95. The number of nitrogens with zero attached hydrogens (tertiary/aromatic N) is 1. The zero-order chi connectivity index (χ0) is 16.8. The summed E-state index contributed by atoms with van der Waals surface area (Å²) in [7, 11) is 0. The summed E-state index contributed by atoms with van der Waals surface area (Å²) in [4.78, 5) is 26.6. The second-order valence-corrected chi connectivity index (χ2v) is 6.13. The highest BCUT2D eigenvalue weighted by molar-refractivity contribution is 6.03. The smallest absolute Gasteiger partial charge is 0.255 e. The molecular formula is C18H28ClN3O2. The summed E-state index contributed by atoms with van der Waals surface area (Å²) in [6.07, 6.45) is 3.52. The molecule has 0 radical (unpaired) electrons. The normalized spacial score (nSPS) is 19.5. The summed E-state index contributed by atoms with van der Waals surface area (Å²) in [6.45, 7) is 5.19. The summed E-state index contributed by atoms with van der Waals surface area (Å²) in [6, 6.07) is 7.31. The molecule has 5 nitrogen and oxygen atoms in total. The Bertz CT molecular complexity index is 561. The molecule has 0 spiro atoms. The Morgan fingerprint density at radius 2 is 1.88 bits per heavy atom. The molecule has 1 aromatic carbocycles. The van der Waals surface area contributed by atoms with Crippen molar-refractivity contribution in [3.05, 3.63) is 29.8 Å². The molecule has 2 atom stereocenters. The van der Waals surface area contributed by atoms with Crippen molar-refractivity contribution in [1.82, 2.24) is 4.90 Å². The van der Waals surface area contributed by atoms with Gasteiger partial charge in [0.15, 0.2) is 0 Å². The van der Waals surface area contributed by atoms with Crippen molar-refractivity contribution in [2.45, 2.75) is 45.6 Å². The van der Waals surface area contributed by atoms with Crippen LogP contribution in [0, 0.1) is 5.92 Å². The van der Waals surface area contributed by atoms with Crippen molar-refractivity contribution in [2.75, 3.05) is 18.4 Å². The van der Waals surface area contributed by atoms with Crippen molar-refractivity contribution >= 4 is 29.9 Å². The average molecular weight is 354 g/mol. The Hall–Kier alpha value is -1.59. The van der Waals surface area contributed by atoms with Crippen LogP contribution in [0.25, 0.3) is 0 Å². The van der Waals surface area contributed by atoms with Gasteiger partial charge in [0.1, 0.15) is 0 Å². The fraction of sp³-hybridized carbons (Fsp3) is 0.556. The summed E-state index contributed by atoms with van der Waals surface area (Å²) in [5.41, 5.74) is 7.16. The van der Waals surface area contributed by atoms with E-state index in [9.17, 15) is 9.59 Å². The average Bonchev–Trinajstić information content (AvgIpc) is 2.94. The van der Waals surface area contributed by atoms with E-state index in [1.54, 1.807) is 17.0 Å². The van der Waals surface area contributed by atoms with Crippen molar-refractivity contribution < 1.29 is 9.59 Å². The monoisotopic (exact) mass is 353 g/mol. The minimum atomic E-state index is -0.0628. The van der Waals surface area contributed by atoms with Crippen molar-refractivity contribution in [3.63, 3.8) is 0 Å². The van der Waals surface area contributed by atoms with Gasteiger partial charge in [0.25, 0.3) is 5.91 Å². The second kappa shape index (κ2) is 9.64. The Morgan fingerprint density at radius 1 is 1.21 bits per heavy atom. The highest BCUT2D eigenvalue weighted by atomic mass is 35.5. The van der Waals surface area contributed by atoms with Crippen LogP contribution in [0.1, 0.15) is 49.9 Å². The molecule has 134 valence electrons. The topological polar surface area (TPSA) is 75.4 Å². The van der Waals surface area contributed by atoms with Gasteiger partial charge in [0.05, 0.1) is 11.3 Å². The Labute approximate surface area is 150 Å². The molecule has 1 saturated carbocycles. The van der Waals surface area contributed by atoms with E-state index in [2.05, 4.69) is 5.32 Å². The fourth-order valence-corrected chi connectivity index (χ4v) is 3.22. The molecule has 0 bridgehead atoms. The van der Waals surface area contributed by atoms with E-state index in [-0.39, 0.29) is 36.2 Å². The van der Waals surface area contributed by atoms with Gasteiger partial charge < -0.3 is 16.0 Å². The number of carbonyl (C=O) groups excluding carboxylic acids is 2. The number of carbonyl (C=O) groups is 2. The summed E-state index contributed by atoms with van der Waals surface area (Å²) in [5, 5.41) is 2.90. The van der Waals surface area contributed by atoms with E-state index in [0.717, 1.165) is 19.3 Å². The molecular weight excluding hydrogens is 326 g/mol. The van der Waals surface area contributed by atoms with Crippen LogP contribution >= 0.6 is 12.4 Å². The zero-order valence-corrected chi connectivity index (χ0v) is 15.3. The third-order valence-electron chi connectivity index (χ3n) is 4.65. The van der Waals surface area contributed by atoms with E-state index in [0.29, 0.717) is 30.8 Å². The van der Waals surface area contributed by atoms with Crippen molar-refractivity contribution in [1.29, 1.82) is 0 Å². The first-order valence-electron chi connectivity index (χ1n) is 8.50. The lowest BCUT2D eigenvalue weighted by Gasteiger charge is -2.21. The number of halogens is 1. The molecule has 2 rings (SSSR count). The highest BCUT2D eigenvalue weighted by Crippen LogP contribution is 2.27. The van der Waals surface area contributed by atoms with Crippen LogP contribution in [0.2, 0.25) is 0 Å². The van der Waals surface area contributed by atoms with Crippen LogP contribution in [-0.2, 0) is 4.79 Å². The van der Waals surface area contributed by atoms with E-state index < -0.39 is 0 Å². The number of nitrogens with one attached hydrogen (secondary N) is 1. The number of hydrogen-bond donors (Lipinski definition) is 2. The molecule has 3 N–H and O–H groups in total. The van der Waals surface area contributed by atoms with Gasteiger partial charge in [-0.25, -0.2) is 0 Å². The van der Waals surface area contributed by atoms with Gasteiger partial charge in [0, 0.05) is 25.6 Å². The first-order chi connectivity index (χ1) is 11.1. The van der Waals surface area contributed by atoms with Crippen molar-refractivity contribution in [3.8, 4) is 0 Å². The molecule has 1 aromatic rings. The highest BCUT2D eigenvalue weighted by Gasteiger charge is 2.26. The van der Waals surface area contributed by atoms with Gasteiger partial charge in [-0.05, 0) is 44.7 Å². The molecule has 0 saturated heterocycles. The molecule has 24 heavy (non-hydrogen) atoms. The molecule has 1 aliphatic rings. The minimum Gasteiger partial charge on any atom is -0.339 e. The number of benzene rings is 1. The summed E-state index contributed by atoms with van der Waals surface area (Å²) >= 11 is 0. The van der Waals surface area contributed by atoms with E-state index >= 15 is 0 Å². The first kappa shape index (κ1) is 20.5. The summed E-state index contributed by atoms with van der Waals surface area (Å²) in [5.74, 6) is 0.135. The van der Waals surface area contributed by atoms with Crippen molar-refractivity contribution in [2.24, 2.45) is 11.7 Å². The van der Waals surface area contributed by atoms with Gasteiger partial charge in [0.2, 0.25) is 5.91 Å². The number of anilines is 1. The number of para-hydroxylation sites is 1. The predicted octanol–water partition coefficient (Wildman–Crippen LogP) is 3.05. The molecule has 2 amide bonds. The van der Waals surface area contributed by atoms with Crippen LogP contribution in [0.5, 0.6) is 0 Å². The maximum atomic E-state index is 12.6. The Kier molecular flexibility index (Phi) is 8.22. The van der Waals surface area contributed by atoms with Gasteiger partial charge in [-0.2, -0.15) is 0 Å². The van der Waals surface area contributed by atoms with E-state index in [1.165, 1.54) is 0 Å². The quantitative estimate of drug-likeness (QED) is 0.825. The Balaban J connectivity index is 0.00000288. The largest absolute Gasteiger partial charge is 0.339 e. The van der Waals surface area contributed by atoms with Gasteiger partial charge in [-0.3, -0.25) is 9.59 Å². The lowest BCUT2D eigenvalue weighted by atomic mass is 9.99. The van der Waals surface area contributed by atoms with Gasteiger partial charge in [-0.15, -0.1) is 12.4 Å². The van der Waals surface area contributed by atoms with Gasteiger partial charge in [-0.1, -0.05) is 18.6 Å². The van der Waals surface area contributed by atoms with Crippen LogP contribution in [0.15, 0.2) is 24.3 Å². The van der Waals surface area contributed by atoms with Crippen LogP contribution in [0.3, 0.4) is 0 Å². The molecule has 0 heterocycles. The second-order valence-electron chi connectivity index (χ2n) is 6.13. The number of rotatable bonds is 6. The number of amides is 2. The van der Waals surface area contributed by atoms with Gasteiger partial charge >= 0.3 is 0 Å². The predicted molar refractivity (Wildman–Crippen MR) is 99.5 cm³/mol. The molecule has 0 aliphatic heterocycles. The zero-order valence-electron chi connectivity index (χ0n) is 14.5. The third-order valence-corrected chi connectivity index (χ3v) is 4.65. The van der Waals surface area contributed by atoms with Crippen LogP contribution in [-0.4, -0.2) is 35.8 Å². The maximum absolute atomic E-state index is 12.6. The number of hydrogen-bond acceptors (Lipinski definition) is 3. The lowest BCUT2D eigenvalue weighted by Crippen LogP contribution is -2.32. The SMILES string of the molecule is CCN(CC)C(=O)c1ccccc1NC(=O)C[C@@H]1CCC[C@H]1N.Cl. The van der Waals surface area contributed by atoms with Crippen LogP contribution < -0.4 is 11.1 Å². The first-order valence-corrected chi connectivity index (χ1v) is 8.50. The molecule has 0 aromatic heterocycles. The number of nitrogens with two attached hydrogens (primary N) is 1. The minimum absolute atomic E-state index is 0.